The van der Waals surface area contributed by atoms with Gasteiger partial charge in [-0.25, -0.2) is 8.42 Å². The first-order valence-electron chi connectivity index (χ1n) is 13.3. The van der Waals surface area contributed by atoms with Crippen molar-refractivity contribution >= 4 is 39.2 Å². The summed E-state index contributed by atoms with van der Waals surface area (Å²) in [4.78, 5) is 21.3. The molecule has 10 nitrogen and oxygen atoms in total. The number of ether oxygens (including phenoxy) is 1. The molecule has 1 spiro atoms. The molecule has 2 fully saturated rings. The number of nitrogen functional groups attached to an aromatic ring is 1. The van der Waals surface area contributed by atoms with Gasteiger partial charge in [0.25, 0.3) is 0 Å². The van der Waals surface area contributed by atoms with E-state index in [2.05, 4.69) is 15.3 Å². The molecule has 0 aliphatic carbocycles. The molecule has 15 heteroatoms. The second-order valence-corrected chi connectivity index (χ2v) is 13.4. The minimum Gasteiger partial charge on any atom is -0.480 e. The highest BCUT2D eigenvalue weighted by Crippen LogP contribution is 2.43. The summed E-state index contributed by atoms with van der Waals surface area (Å²) in [5, 5.41) is 12.4. The van der Waals surface area contributed by atoms with Crippen LogP contribution in [0.15, 0.2) is 53.4 Å². The number of nitrogens with one attached hydrogen (secondary N) is 1. The van der Waals surface area contributed by atoms with Gasteiger partial charge in [0, 0.05) is 42.5 Å². The molecule has 2 atom stereocenters. The molecular weight excluding hydrogens is 611 g/mol. The first-order chi connectivity index (χ1) is 20.1. The van der Waals surface area contributed by atoms with Crippen LogP contribution in [-0.2, 0) is 14.6 Å². The number of piperidine rings is 1. The maximum absolute atomic E-state index is 14.6. The molecule has 0 saturated carbocycles. The molecule has 2 aliphatic rings. The van der Waals surface area contributed by atoms with Crippen LogP contribution in [-0.4, -0.2) is 67.6 Å². The van der Waals surface area contributed by atoms with Crippen molar-refractivity contribution in [3.63, 3.8) is 0 Å². The van der Waals surface area contributed by atoms with Gasteiger partial charge < -0.3 is 25.8 Å². The highest BCUT2D eigenvalue weighted by molar-refractivity contribution is 7.90. The number of sulfone groups is 1. The van der Waals surface area contributed by atoms with Crippen LogP contribution in [0.1, 0.15) is 30.9 Å². The van der Waals surface area contributed by atoms with Gasteiger partial charge in [-0.2, -0.15) is 23.1 Å². The Kier molecular flexibility index (Phi) is 8.22. The normalized spacial score (nSPS) is 19.4. The predicted molar refractivity (Wildman–Crippen MR) is 154 cm³/mol. The molecule has 2 unspecified atom stereocenters. The summed E-state index contributed by atoms with van der Waals surface area (Å²) in [6, 6.07) is 10.2. The van der Waals surface area contributed by atoms with Crippen molar-refractivity contribution in [2.45, 2.75) is 42.5 Å². The van der Waals surface area contributed by atoms with Crippen LogP contribution in [0.25, 0.3) is 11.1 Å². The van der Waals surface area contributed by atoms with Gasteiger partial charge in [-0.1, -0.05) is 29.8 Å². The average Bonchev–Trinajstić information content (AvgIpc) is 3.34. The number of hydrogen-bond acceptors (Lipinski definition) is 9. The lowest BCUT2D eigenvalue weighted by atomic mass is 9.76. The van der Waals surface area contributed by atoms with E-state index in [-0.39, 0.29) is 43.8 Å². The fourth-order valence-corrected chi connectivity index (χ4v) is 6.52. The number of alkyl halides is 3. The van der Waals surface area contributed by atoms with E-state index in [1.54, 1.807) is 0 Å². The Balaban J connectivity index is 1.44. The molecule has 0 amide bonds. The minimum atomic E-state index is -4.93. The number of rotatable bonds is 7. The van der Waals surface area contributed by atoms with Gasteiger partial charge in [0.1, 0.15) is 11.9 Å². The van der Waals surface area contributed by atoms with Crippen molar-refractivity contribution in [2.24, 2.45) is 5.41 Å². The Morgan fingerprint density at radius 1 is 1.19 bits per heavy atom. The number of anilines is 2. The molecule has 2 aliphatic heterocycles. The molecule has 4 N–H and O–H groups in total. The summed E-state index contributed by atoms with van der Waals surface area (Å²) in [7, 11) is -3.63. The number of carbonyl (C=O) groups is 1. The Morgan fingerprint density at radius 3 is 2.53 bits per heavy atom. The number of aromatic nitrogens is 2. The third kappa shape index (κ3) is 6.81. The fourth-order valence-electron chi connectivity index (χ4n) is 5.67. The molecule has 3 heterocycles. The monoisotopic (exact) mass is 639 g/mol. The summed E-state index contributed by atoms with van der Waals surface area (Å²) in [5.74, 6) is -1.30. The van der Waals surface area contributed by atoms with E-state index in [1.165, 1.54) is 42.5 Å². The first-order valence-corrected chi connectivity index (χ1v) is 15.6. The predicted octanol–water partition coefficient (Wildman–Crippen LogP) is 4.50. The zero-order chi connectivity index (χ0) is 31.2. The van der Waals surface area contributed by atoms with Crippen molar-refractivity contribution in [1.29, 1.82) is 0 Å². The molecule has 0 bridgehead atoms. The van der Waals surface area contributed by atoms with Gasteiger partial charge >= 0.3 is 12.1 Å². The number of aliphatic carboxylic acids is 1. The van der Waals surface area contributed by atoms with Crippen LogP contribution < -0.4 is 20.7 Å². The number of carboxylic acid groups (broad SMARTS) is 1. The number of benzene rings is 2. The topological polar surface area (TPSA) is 148 Å². The highest BCUT2D eigenvalue weighted by atomic mass is 35.5. The van der Waals surface area contributed by atoms with E-state index in [0.717, 1.165) is 12.3 Å². The van der Waals surface area contributed by atoms with E-state index in [0.29, 0.717) is 38.9 Å². The molecule has 2 saturated heterocycles. The number of nitrogens with zero attached hydrogens (tertiary/aromatic N) is 3. The molecule has 43 heavy (non-hydrogen) atoms. The maximum Gasteiger partial charge on any atom is 0.429 e. The smallest absolute Gasteiger partial charge is 0.429 e. The van der Waals surface area contributed by atoms with Crippen LogP contribution in [0, 0.1) is 5.41 Å². The summed E-state index contributed by atoms with van der Waals surface area (Å²) in [5.41, 5.74) is 5.67. The highest BCUT2D eigenvalue weighted by Gasteiger charge is 2.46. The zero-order valence-corrected chi connectivity index (χ0v) is 24.5. The van der Waals surface area contributed by atoms with E-state index in [9.17, 15) is 31.5 Å². The molecule has 2 aromatic carbocycles. The van der Waals surface area contributed by atoms with Gasteiger partial charge in [0.2, 0.25) is 17.9 Å². The third-order valence-electron chi connectivity index (χ3n) is 7.92. The fraction of sp³-hybridized carbons (Fsp3) is 0.393. The molecule has 5 rings (SSSR count). The molecule has 230 valence electrons. The Hall–Kier alpha value is -3.62. The van der Waals surface area contributed by atoms with E-state index in [1.807, 2.05) is 4.90 Å². The zero-order valence-electron chi connectivity index (χ0n) is 22.9. The van der Waals surface area contributed by atoms with Crippen LogP contribution in [0.2, 0.25) is 5.02 Å². The summed E-state index contributed by atoms with van der Waals surface area (Å²) in [6.07, 6.45) is -4.64. The number of carboxylic acids is 1. The lowest BCUT2D eigenvalue weighted by molar-refractivity contribution is -0.198. The summed E-state index contributed by atoms with van der Waals surface area (Å²) < 4.78 is 73.5. The summed E-state index contributed by atoms with van der Waals surface area (Å²) >= 11 is 6.13. The van der Waals surface area contributed by atoms with Crippen molar-refractivity contribution in [3.8, 4) is 17.0 Å². The lowest BCUT2D eigenvalue weighted by Crippen LogP contribution is -2.41. The quantitative estimate of drug-likeness (QED) is 0.338. The van der Waals surface area contributed by atoms with E-state index < -0.39 is 40.0 Å². The number of nitrogens with two attached hydrogens (primary N) is 1. The van der Waals surface area contributed by atoms with Gasteiger partial charge in [0.05, 0.1) is 4.90 Å². The Morgan fingerprint density at radius 2 is 1.91 bits per heavy atom. The van der Waals surface area contributed by atoms with Gasteiger partial charge in [-0.15, -0.1) is 0 Å². The third-order valence-corrected chi connectivity index (χ3v) is 9.26. The average molecular weight is 640 g/mol. The van der Waals surface area contributed by atoms with Crippen molar-refractivity contribution in [1.82, 2.24) is 15.3 Å². The second-order valence-electron chi connectivity index (χ2n) is 11.0. The van der Waals surface area contributed by atoms with Crippen LogP contribution in [0.5, 0.6) is 5.88 Å². The first kappa shape index (κ1) is 30.8. The largest absolute Gasteiger partial charge is 0.480 e. The molecule has 1 aromatic heterocycles. The number of halogens is 4. The molecule has 0 radical (unpaired) electrons. The van der Waals surface area contributed by atoms with Crippen LogP contribution in [0.4, 0.5) is 24.9 Å². The Labute approximate surface area is 250 Å². The van der Waals surface area contributed by atoms with Crippen LogP contribution in [0.3, 0.4) is 0 Å². The van der Waals surface area contributed by atoms with Crippen molar-refractivity contribution in [3.05, 3.63) is 59.1 Å². The van der Waals surface area contributed by atoms with Crippen LogP contribution >= 0.6 is 11.6 Å². The van der Waals surface area contributed by atoms with Gasteiger partial charge in [0.15, 0.2) is 9.84 Å². The van der Waals surface area contributed by atoms with Crippen molar-refractivity contribution < 1.29 is 36.2 Å². The van der Waals surface area contributed by atoms with Gasteiger partial charge in [-0.05, 0) is 60.1 Å². The number of hydrogen-bond donors (Lipinski definition) is 3. The second kappa shape index (κ2) is 11.5. The minimum absolute atomic E-state index is 0.0209. The van der Waals surface area contributed by atoms with Gasteiger partial charge in [-0.3, -0.25) is 4.79 Å². The lowest BCUT2D eigenvalue weighted by Gasteiger charge is -2.39. The Bertz CT molecular complexity index is 1650. The summed E-state index contributed by atoms with van der Waals surface area (Å²) in [6.45, 7) is 1.55. The maximum atomic E-state index is 14.6. The standard InChI is InChI=1S/C28H29ClF3N5O5S/c1-43(40,41)18-4-2-3-16(11-18)19-6-5-17(29)12-20(19)24(28(30,31)32)42-23-13-22(35-26(33)36-23)37-9-7-27(8-10-37)14-21(25(38)39)34-15-27/h2-6,11-13,21,24,34H,7-10,14-15H2,1H3,(H,38,39)(H2,33,35,36). The van der Waals surface area contributed by atoms with E-state index in [4.69, 9.17) is 22.1 Å². The van der Waals surface area contributed by atoms with Crippen molar-refractivity contribution in [2.75, 3.05) is 36.5 Å². The molecular formula is C28H29ClF3N5O5S. The van der Waals surface area contributed by atoms with E-state index >= 15 is 0 Å². The SMILES string of the molecule is CS(=O)(=O)c1cccc(-c2ccc(Cl)cc2C(Oc2cc(N3CCC4(CC3)CNC(C(=O)O)C4)nc(N)n2)C(F)(F)F)c1. The molecule has 3 aromatic rings.